The lowest BCUT2D eigenvalue weighted by atomic mass is 10.1. The Balaban J connectivity index is 2.19. The smallest absolute Gasteiger partial charge is 0.242 e. The van der Waals surface area contributed by atoms with Crippen LogP contribution in [0.3, 0.4) is 0 Å². The van der Waals surface area contributed by atoms with Crippen LogP contribution in [0.4, 0.5) is 0 Å². The van der Waals surface area contributed by atoms with Crippen LogP contribution in [-0.4, -0.2) is 29.3 Å². The van der Waals surface area contributed by atoms with Crippen molar-refractivity contribution in [2.75, 3.05) is 6.54 Å². The number of carbonyl (C=O) groups excluding carboxylic acids is 2. The number of nitrogens with one attached hydrogen (secondary N) is 1. The van der Waals surface area contributed by atoms with E-state index in [1.165, 1.54) is 0 Å². The fourth-order valence-corrected chi connectivity index (χ4v) is 3.51. The SMILES string of the molecule is CCCNC(=O)C(CC)N(Cc1ccc(Cl)cc1)C(=O)CCc1ccccc1Cl. The largest absolute Gasteiger partial charge is 0.354 e. The molecule has 0 radical (unpaired) electrons. The third-order valence-electron chi connectivity index (χ3n) is 4.77. The van der Waals surface area contributed by atoms with Crippen LogP contribution in [0.1, 0.15) is 44.2 Å². The Hall–Kier alpha value is -2.04. The van der Waals surface area contributed by atoms with Crippen molar-refractivity contribution in [3.63, 3.8) is 0 Å². The molecule has 156 valence electrons. The van der Waals surface area contributed by atoms with Gasteiger partial charge < -0.3 is 10.2 Å². The van der Waals surface area contributed by atoms with E-state index in [2.05, 4.69) is 5.32 Å². The molecule has 0 aliphatic carbocycles. The summed E-state index contributed by atoms with van der Waals surface area (Å²) in [6.07, 6.45) is 2.21. The molecular formula is C23H28Cl2N2O2. The molecule has 1 atom stereocenters. The molecule has 0 saturated heterocycles. The predicted molar refractivity (Wildman–Crippen MR) is 119 cm³/mol. The fraction of sp³-hybridized carbons (Fsp3) is 0.391. The average molecular weight is 435 g/mol. The number of halogens is 2. The summed E-state index contributed by atoms with van der Waals surface area (Å²) in [4.78, 5) is 27.5. The molecule has 0 fully saturated rings. The van der Waals surface area contributed by atoms with Crippen LogP contribution in [0.5, 0.6) is 0 Å². The summed E-state index contributed by atoms with van der Waals surface area (Å²) < 4.78 is 0. The minimum atomic E-state index is -0.518. The van der Waals surface area contributed by atoms with E-state index in [-0.39, 0.29) is 18.2 Å². The minimum Gasteiger partial charge on any atom is -0.354 e. The molecule has 0 aromatic heterocycles. The van der Waals surface area contributed by atoms with Gasteiger partial charge in [0.2, 0.25) is 11.8 Å². The van der Waals surface area contributed by atoms with Gasteiger partial charge in [0.15, 0.2) is 0 Å². The van der Waals surface area contributed by atoms with Gasteiger partial charge in [0.25, 0.3) is 0 Å². The summed E-state index contributed by atoms with van der Waals surface area (Å²) in [7, 11) is 0. The number of rotatable bonds is 10. The Kier molecular flexibility index (Phi) is 9.49. The summed E-state index contributed by atoms with van der Waals surface area (Å²) >= 11 is 12.2. The molecule has 1 unspecified atom stereocenters. The van der Waals surface area contributed by atoms with Crippen molar-refractivity contribution in [2.24, 2.45) is 0 Å². The molecule has 2 amide bonds. The Bertz CT molecular complexity index is 809. The van der Waals surface area contributed by atoms with E-state index < -0.39 is 6.04 Å². The van der Waals surface area contributed by atoms with Crippen LogP contribution in [0.15, 0.2) is 48.5 Å². The van der Waals surface area contributed by atoms with Crippen LogP contribution in [0.2, 0.25) is 10.0 Å². The first-order chi connectivity index (χ1) is 14.0. The zero-order valence-electron chi connectivity index (χ0n) is 17.0. The van der Waals surface area contributed by atoms with Crippen molar-refractivity contribution >= 4 is 35.0 Å². The van der Waals surface area contributed by atoms with E-state index in [9.17, 15) is 9.59 Å². The van der Waals surface area contributed by atoms with E-state index in [1.54, 1.807) is 17.0 Å². The summed E-state index contributed by atoms with van der Waals surface area (Å²) in [5.41, 5.74) is 1.86. The topological polar surface area (TPSA) is 49.4 Å². The van der Waals surface area contributed by atoms with Crippen molar-refractivity contribution in [1.82, 2.24) is 10.2 Å². The van der Waals surface area contributed by atoms with E-state index in [1.807, 2.05) is 50.2 Å². The number of benzene rings is 2. The molecular weight excluding hydrogens is 407 g/mol. The minimum absolute atomic E-state index is 0.0710. The monoisotopic (exact) mass is 434 g/mol. The molecule has 6 heteroatoms. The highest BCUT2D eigenvalue weighted by molar-refractivity contribution is 6.31. The second-order valence-electron chi connectivity index (χ2n) is 6.95. The molecule has 29 heavy (non-hydrogen) atoms. The zero-order valence-corrected chi connectivity index (χ0v) is 18.5. The molecule has 4 nitrogen and oxygen atoms in total. The van der Waals surface area contributed by atoms with Crippen LogP contribution in [0.25, 0.3) is 0 Å². The molecule has 0 spiro atoms. The number of carbonyl (C=O) groups is 2. The maximum absolute atomic E-state index is 13.2. The average Bonchev–Trinajstić information content (AvgIpc) is 2.72. The van der Waals surface area contributed by atoms with Crippen molar-refractivity contribution in [3.05, 3.63) is 69.7 Å². The number of nitrogens with zero attached hydrogens (tertiary/aromatic N) is 1. The van der Waals surface area contributed by atoms with E-state index in [0.29, 0.717) is 36.0 Å². The van der Waals surface area contributed by atoms with Gasteiger partial charge >= 0.3 is 0 Å². The summed E-state index contributed by atoms with van der Waals surface area (Å²) in [5, 5.41) is 4.21. The molecule has 2 rings (SSSR count). The normalized spacial score (nSPS) is 11.7. The fourth-order valence-electron chi connectivity index (χ4n) is 3.16. The lowest BCUT2D eigenvalue weighted by Crippen LogP contribution is -2.49. The van der Waals surface area contributed by atoms with E-state index >= 15 is 0 Å². The maximum atomic E-state index is 13.2. The molecule has 0 heterocycles. The van der Waals surface area contributed by atoms with Crippen LogP contribution >= 0.6 is 23.2 Å². The molecule has 2 aromatic carbocycles. The predicted octanol–water partition coefficient (Wildman–Crippen LogP) is 5.26. The van der Waals surface area contributed by atoms with Gasteiger partial charge in [-0.25, -0.2) is 0 Å². The van der Waals surface area contributed by atoms with Gasteiger partial charge in [-0.3, -0.25) is 9.59 Å². The zero-order chi connectivity index (χ0) is 21.2. The van der Waals surface area contributed by atoms with Gasteiger partial charge in [0.05, 0.1) is 0 Å². The Labute approximate surface area is 183 Å². The van der Waals surface area contributed by atoms with Crippen LogP contribution in [-0.2, 0) is 22.6 Å². The van der Waals surface area contributed by atoms with Gasteiger partial charge in [-0.15, -0.1) is 0 Å². The van der Waals surface area contributed by atoms with Crippen molar-refractivity contribution in [1.29, 1.82) is 0 Å². The van der Waals surface area contributed by atoms with E-state index in [4.69, 9.17) is 23.2 Å². The summed E-state index contributed by atoms with van der Waals surface area (Å²) in [5.74, 6) is -0.187. The Morgan fingerprint density at radius 1 is 1.03 bits per heavy atom. The highest BCUT2D eigenvalue weighted by Gasteiger charge is 2.28. The van der Waals surface area contributed by atoms with Crippen LogP contribution < -0.4 is 5.32 Å². The first-order valence-electron chi connectivity index (χ1n) is 10.0. The first kappa shape index (κ1) is 23.2. The third kappa shape index (κ3) is 7.06. The number of aryl methyl sites for hydroxylation is 1. The Morgan fingerprint density at radius 3 is 2.34 bits per heavy atom. The van der Waals surface area contributed by atoms with E-state index in [0.717, 1.165) is 17.5 Å². The van der Waals surface area contributed by atoms with Crippen molar-refractivity contribution in [2.45, 2.75) is 52.1 Å². The second kappa shape index (κ2) is 11.8. The number of hydrogen-bond donors (Lipinski definition) is 1. The second-order valence-corrected chi connectivity index (χ2v) is 7.80. The molecule has 1 N–H and O–H groups in total. The Morgan fingerprint density at radius 2 is 1.72 bits per heavy atom. The molecule has 0 aliphatic heterocycles. The lowest BCUT2D eigenvalue weighted by Gasteiger charge is -2.31. The van der Waals surface area contributed by atoms with Crippen molar-refractivity contribution in [3.8, 4) is 0 Å². The lowest BCUT2D eigenvalue weighted by molar-refractivity contribution is -0.141. The first-order valence-corrected chi connectivity index (χ1v) is 10.8. The van der Waals surface area contributed by atoms with Gasteiger partial charge in [0, 0.05) is 29.6 Å². The quantitative estimate of drug-likeness (QED) is 0.554. The third-order valence-corrected chi connectivity index (χ3v) is 5.39. The van der Waals surface area contributed by atoms with Crippen LogP contribution in [0, 0.1) is 0 Å². The number of hydrogen-bond acceptors (Lipinski definition) is 2. The van der Waals surface area contributed by atoms with Gasteiger partial charge in [-0.05, 0) is 48.6 Å². The van der Waals surface area contributed by atoms with Gasteiger partial charge in [-0.2, -0.15) is 0 Å². The molecule has 2 aromatic rings. The molecule has 0 saturated carbocycles. The standard InChI is InChI=1S/C23H28Cl2N2O2/c1-3-15-26-23(29)21(4-2)27(16-17-9-12-19(24)13-10-17)22(28)14-11-18-7-5-6-8-20(18)25/h5-10,12-13,21H,3-4,11,14-16H2,1-2H3,(H,26,29). The highest BCUT2D eigenvalue weighted by Crippen LogP contribution is 2.20. The summed E-state index contributed by atoms with van der Waals surface area (Å²) in [6.45, 7) is 4.88. The van der Waals surface area contributed by atoms with Gasteiger partial charge in [-0.1, -0.05) is 67.4 Å². The van der Waals surface area contributed by atoms with Gasteiger partial charge in [0.1, 0.15) is 6.04 Å². The number of amides is 2. The highest BCUT2D eigenvalue weighted by atomic mass is 35.5. The maximum Gasteiger partial charge on any atom is 0.242 e. The molecule has 0 bridgehead atoms. The summed E-state index contributed by atoms with van der Waals surface area (Å²) in [6, 6.07) is 14.3. The van der Waals surface area contributed by atoms with Crippen molar-refractivity contribution < 1.29 is 9.59 Å². The molecule has 0 aliphatic rings.